The summed E-state index contributed by atoms with van der Waals surface area (Å²) in [6, 6.07) is 0. The molecule has 52 heavy (non-hydrogen) atoms. The molecule has 0 aromatic carbocycles. The minimum Gasteiger partial charge on any atom is -0.378 e. The first-order chi connectivity index (χ1) is 25.6. The minimum atomic E-state index is -0.922. The number of ether oxygens (including phenoxy) is 1. The van der Waals surface area contributed by atoms with Crippen LogP contribution in [0.2, 0.25) is 0 Å². The lowest BCUT2D eigenvalue weighted by molar-refractivity contribution is 0.144. The zero-order valence-electron chi connectivity index (χ0n) is 36.9. The van der Waals surface area contributed by atoms with Gasteiger partial charge in [0.1, 0.15) is 0 Å². The summed E-state index contributed by atoms with van der Waals surface area (Å²) >= 11 is 0. The third-order valence-corrected chi connectivity index (χ3v) is 20.2. The Labute approximate surface area is 331 Å². The molecule has 0 aliphatic heterocycles. The van der Waals surface area contributed by atoms with Gasteiger partial charge < -0.3 is 4.74 Å². The van der Waals surface area contributed by atoms with E-state index in [2.05, 4.69) is 27.7 Å². The molecule has 4 fully saturated rings. The van der Waals surface area contributed by atoms with E-state index in [1.54, 1.807) is 31.8 Å². The van der Waals surface area contributed by atoms with Crippen LogP contribution in [0.25, 0.3) is 0 Å². The molecule has 0 radical (unpaired) electrons. The quantitative estimate of drug-likeness (QED) is 0.0667. The van der Waals surface area contributed by atoms with E-state index in [9.17, 15) is 0 Å². The minimum absolute atomic E-state index is 0.922. The third-order valence-electron chi connectivity index (χ3n) is 14.1. The molecule has 4 aliphatic carbocycles. The first-order valence-corrected chi connectivity index (χ1v) is 27.4. The lowest BCUT2D eigenvalue weighted by atomic mass is 9.91. The van der Waals surface area contributed by atoms with E-state index < -0.39 is 7.26 Å². The van der Waals surface area contributed by atoms with E-state index >= 15 is 0 Å². The Morgan fingerprint density at radius 2 is 0.673 bits per heavy atom. The lowest BCUT2D eigenvalue weighted by Gasteiger charge is -2.44. The SMILES string of the molecule is CC1CCCCC1.CC1CCCCC1.CCCCCCCCCCCOCC[P+](CCCCCCCCCCC)(C1CCCCC1)C1CCCCC1. The standard InChI is InChI=1S/C36H72OP.2C7H14/c1-3-5-7-9-11-13-15-17-25-31-37-32-34-38(35-27-21-19-22-28-35,36-29-23-20-24-30-36)33-26-18-16-14-12-10-8-6-4-2;2*1-7-5-3-2-4-6-7/h35-36H,3-34H2,1-2H3;2*7H,2-6H2,1H3/q+1;;. The average Bonchev–Trinajstić information content (AvgIpc) is 3.19. The number of rotatable bonds is 25. The zero-order chi connectivity index (χ0) is 37.2. The Kier molecular flexibility index (Phi) is 32.3. The van der Waals surface area contributed by atoms with Crippen molar-refractivity contribution >= 4 is 7.26 Å². The van der Waals surface area contributed by atoms with Gasteiger partial charge in [-0.15, -0.1) is 0 Å². The van der Waals surface area contributed by atoms with Crippen LogP contribution in [0.3, 0.4) is 0 Å². The zero-order valence-corrected chi connectivity index (χ0v) is 37.8. The van der Waals surface area contributed by atoms with Gasteiger partial charge in [0.2, 0.25) is 0 Å². The summed E-state index contributed by atoms with van der Waals surface area (Å²) in [5.74, 6) is 2.07. The maximum absolute atomic E-state index is 6.45. The molecule has 0 N–H and O–H groups in total. The summed E-state index contributed by atoms with van der Waals surface area (Å²) < 4.78 is 6.45. The highest BCUT2D eigenvalue weighted by molar-refractivity contribution is 7.77. The molecular weight excluding hydrogens is 648 g/mol. The Bertz CT molecular complexity index is 678. The van der Waals surface area contributed by atoms with Crippen LogP contribution in [0.1, 0.15) is 272 Å². The molecule has 4 aliphatic rings. The van der Waals surface area contributed by atoms with Crippen LogP contribution >= 0.6 is 7.26 Å². The molecule has 0 saturated heterocycles. The molecule has 4 rings (SSSR count). The smallest absolute Gasteiger partial charge is 0.0833 e. The molecule has 4 saturated carbocycles. The molecule has 1 nitrogen and oxygen atoms in total. The van der Waals surface area contributed by atoms with Gasteiger partial charge in [-0.05, 0) is 82.5 Å². The van der Waals surface area contributed by atoms with Gasteiger partial charge in [0.15, 0.2) is 0 Å². The van der Waals surface area contributed by atoms with Gasteiger partial charge in [-0.1, -0.05) is 201 Å². The summed E-state index contributed by atoms with van der Waals surface area (Å²) in [6.07, 6.45) is 59.3. The summed E-state index contributed by atoms with van der Waals surface area (Å²) in [6.45, 7) is 11.5. The van der Waals surface area contributed by atoms with Crippen molar-refractivity contribution in [2.24, 2.45) is 11.8 Å². The fraction of sp³-hybridized carbons (Fsp3) is 1.00. The fourth-order valence-electron chi connectivity index (χ4n) is 10.5. The number of hydrogen-bond donors (Lipinski definition) is 0. The van der Waals surface area contributed by atoms with Crippen LogP contribution in [-0.4, -0.2) is 36.9 Å². The van der Waals surface area contributed by atoms with Crippen molar-refractivity contribution in [2.75, 3.05) is 25.5 Å². The van der Waals surface area contributed by atoms with E-state index in [4.69, 9.17) is 4.74 Å². The Balaban J connectivity index is 0.000000547. The highest BCUT2D eigenvalue weighted by Crippen LogP contribution is 2.72. The van der Waals surface area contributed by atoms with Crippen molar-refractivity contribution in [3.05, 3.63) is 0 Å². The van der Waals surface area contributed by atoms with E-state index in [1.807, 2.05) is 0 Å². The molecule has 2 heteroatoms. The van der Waals surface area contributed by atoms with E-state index in [1.165, 1.54) is 224 Å². The normalized spacial score (nSPS) is 19.8. The highest BCUT2D eigenvalue weighted by atomic mass is 31.2. The topological polar surface area (TPSA) is 9.23 Å². The lowest BCUT2D eigenvalue weighted by Crippen LogP contribution is -2.33. The fourth-order valence-corrected chi connectivity index (χ4v) is 16.9. The van der Waals surface area contributed by atoms with Crippen LogP contribution in [0.15, 0.2) is 0 Å². The van der Waals surface area contributed by atoms with Gasteiger partial charge in [0.05, 0.1) is 30.2 Å². The Morgan fingerprint density at radius 1 is 0.346 bits per heavy atom. The van der Waals surface area contributed by atoms with Crippen molar-refractivity contribution < 1.29 is 4.74 Å². The second-order valence-corrected chi connectivity index (χ2v) is 23.5. The summed E-state index contributed by atoms with van der Waals surface area (Å²) in [7, 11) is -0.922. The van der Waals surface area contributed by atoms with Gasteiger partial charge >= 0.3 is 0 Å². The molecule has 0 unspecified atom stereocenters. The van der Waals surface area contributed by atoms with E-state index in [-0.39, 0.29) is 0 Å². The molecule has 0 heterocycles. The van der Waals surface area contributed by atoms with Crippen molar-refractivity contribution in [1.29, 1.82) is 0 Å². The predicted molar refractivity (Wildman–Crippen MR) is 240 cm³/mol. The predicted octanol–water partition coefficient (Wildman–Crippen LogP) is 17.9. The van der Waals surface area contributed by atoms with Gasteiger partial charge in [-0.25, -0.2) is 0 Å². The molecule has 0 amide bonds. The summed E-state index contributed by atoms with van der Waals surface area (Å²) in [4.78, 5) is 0. The third kappa shape index (κ3) is 24.1. The molecule has 0 aromatic rings. The van der Waals surface area contributed by atoms with E-state index in [0.717, 1.165) is 36.4 Å². The van der Waals surface area contributed by atoms with Crippen molar-refractivity contribution in [1.82, 2.24) is 0 Å². The highest BCUT2D eigenvalue weighted by Gasteiger charge is 2.51. The first kappa shape index (κ1) is 48.5. The second-order valence-electron chi connectivity index (χ2n) is 18.9. The average molecular weight is 748 g/mol. The van der Waals surface area contributed by atoms with Crippen LogP contribution in [0, 0.1) is 11.8 Å². The molecule has 0 spiro atoms. The monoisotopic (exact) mass is 748 g/mol. The molecule has 310 valence electrons. The maximum atomic E-state index is 6.45. The second kappa shape index (κ2) is 34.6. The van der Waals surface area contributed by atoms with Gasteiger partial charge in [-0.2, -0.15) is 0 Å². The largest absolute Gasteiger partial charge is 0.378 e. The summed E-state index contributed by atoms with van der Waals surface area (Å²) in [5.41, 5.74) is 2.20. The number of hydrogen-bond acceptors (Lipinski definition) is 1. The van der Waals surface area contributed by atoms with Crippen LogP contribution in [0.4, 0.5) is 0 Å². The maximum Gasteiger partial charge on any atom is 0.0833 e. The Morgan fingerprint density at radius 3 is 1.02 bits per heavy atom. The molecule has 0 bridgehead atoms. The molecule has 0 atom stereocenters. The van der Waals surface area contributed by atoms with Gasteiger partial charge in [0.25, 0.3) is 0 Å². The van der Waals surface area contributed by atoms with Crippen molar-refractivity contribution in [3.8, 4) is 0 Å². The van der Waals surface area contributed by atoms with Gasteiger partial charge in [-0.3, -0.25) is 0 Å². The summed E-state index contributed by atoms with van der Waals surface area (Å²) in [5, 5.41) is 0. The first-order valence-electron chi connectivity index (χ1n) is 25.1. The Hall–Kier alpha value is 0.390. The molecular formula is C50H100OP+. The van der Waals surface area contributed by atoms with Crippen LogP contribution in [0.5, 0.6) is 0 Å². The van der Waals surface area contributed by atoms with Crippen LogP contribution in [-0.2, 0) is 4.74 Å². The van der Waals surface area contributed by atoms with Crippen molar-refractivity contribution in [2.45, 2.75) is 283 Å². The van der Waals surface area contributed by atoms with E-state index in [0.29, 0.717) is 0 Å². The molecule has 0 aromatic heterocycles. The number of unbranched alkanes of at least 4 members (excludes halogenated alkanes) is 16. The van der Waals surface area contributed by atoms with Gasteiger partial charge in [0, 0.05) is 13.9 Å². The van der Waals surface area contributed by atoms with Crippen molar-refractivity contribution in [3.63, 3.8) is 0 Å². The van der Waals surface area contributed by atoms with Crippen LogP contribution < -0.4 is 0 Å².